The number of carbonyl (C=O) groups excluding carboxylic acids is 2. The highest BCUT2D eigenvalue weighted by Gasteiger charge is 2.27. The molecule has 0 unspecified atom stereocenters. The van der Waals surface area contributed by atoms with Crippen LogP contribution in [0.4, 0.5) is 11.4 Å². The molecule has 2 aromatic carbocycles. The fraction of sp³-hybridized carbons (Fsp3) is 0.300. The Morgan fingerprint density at radius 1 is 1.16 bits per heavy atom. The first kappa shape index (κ1) is 15.7. The van der Waals surface area contributed by atoms with Gasteiger partial charge in [-0.25, -0.2) is 0 Å². The van der Waals surface area contributed by atoms with Crippen molar-refractivity contribution in [3.8, 4) is 5.75 Å². The van der Waals surface area contributed by atoms with Crippen LogP contribution in [0.3, 0.4) is 0 Å². The SMILES string of the molecule is CC(=O)N1CCc2cc(NC(=O)[C@H]3COc4ccccc4C3)ccc21. The van der Waals surface area contributed by atoms with E-state index in [0.717, 1.165) is 34.7 Å². The van der Waals surface area contributed by atoms with Crippen LogP contribution in [0, 0.1) is 5.92 Å². The molecule has 0 spiro atoms. The van der Waals surface area contributed by atoms with E-state index in [1.807, 2.05) is 42.5 Å². The maximum atomic E-state index is 12.6. The van der Waals surface area contributed by atoms with Crippen molar-refractivity contribution in [2.24, 2.45) is 5.92 Å². The Labute approximate surface area is 146 Å². The summed E-state index contributed by atoms with van der Waals surface area (Å²) in [4.78, 5) is 26.0. The number of nitrogens with one attached hydrogen (secondary N) is 1. The molecule has 0 bridgehead atoms. The maximum absolute atomic E-state index is 12.6. The number of amides is 2. The van der Waals surface area contributed by atoms with E-state index < -0.39 is 0 Å². The van der Waals surface area contributed by atoms with Crippen LogP contribution >= 0.6 is 0 Å². The molecule has 2 amide bonds. The van der Waals surface area contributed by atoms with Crippen molar-refractivity contribution >= 4 is 23.2 Å². The molecule has 25 heavy (non-hydrogen) atoms. The van der Waals surface area contributed by atoms with Gasteiger partial charge in [-0.15, -0.1) is 0 Å². The number of rotatable bonds is 2. The Morgan fingerprint density at radius 3 is 2.84 bits per heavy atom. The van der Waals surface area contributed by atoms with Crippen molar-refractivity contribution in [2.45, 2.75) is 19.8 Å². The molecule has 0 aromatic heterocycles. The molecule has 0 radical (unpaired) electrons. The number of carbonyl (C=O) groups is 2. The number of hydrogen-bond donors (Lipinski definition) is 1. The Bertz CT molecular complexity index is 847. The van der Waals surface area contributed by atoms with Gasteiger partial charge in [0.05, 0.1) is 5.92 Å². The van der Waals surface area contributed by atoms with Gasteiger partial charge in [-0.3, -0.25) is 9.59 Å². The minimum absolute atomic E-state index is 0.0316. The topological polar surface area (TPSA) is 58.6 Å². The molecule has 2 heterocycles. The van der Waals surface area contributed by atoms with Crippen molar-refractivity contribution in [2.75, 3.05) is 23.4 Å². The predicted molar refractivity (Wildman–Crippen MR) is 95.9 cm³/mol. The van der Waals surface area contributed by atoms with Crippen LogP contribution in [-0.4, -0.2) is 25.0 Å². The van der Waals surface area contributed by atoms with Gasteiger partial charge in [0.15, 0.2) is 0 Å². The smallest absolute Gasteiger partial charge is 0.231 e. The van der Waals surface area contributed by atoms with Crippen LogP contribution in [0.2, 0.25) is 0 Å². The van der Waals surface area contributed by atoms with E-state index in [1.54, 1.807) is 11.8 Å². The van der Waals surface area contributed by atoms with E-state index in [-0.39, 0.29) is 17.7 Å². The van der Waals surface area contributed by atoms with Crippen LogP contribution in [0.1, 0.15) is 18.1 Å². The normalized spacial score (nSPS) is 18.1. The second kappa shape index (κ2) is 6.24. The lowest BCUT2D eigenvalue weighted by Crippen LogP contribution is -2.32. The van der Waals surface area contributed by atoms with E-state index in [4.69, 9.17) is 4.74 Å². The van der Waals surface area contributed by atoms with Gasteiger partial charge in [0, 0.05) is 24.8 Å². The zero-order valence-electron chi connectivity index (χ0n) is 14.1. The Hall–Kier alpha value is -2.82. The first-order valence-electron chi connectivity index (χ1n) is 8.54. The first-order valence-corrected chi connectivity index (χ1v) is 8.54. The number of nitrogens with zero attached hydrogens (tertiary/aromatic N) is 1. The number of hydrogen-bond acceptors (Lipinski definition) is 3. The fourth-order valence-electron chi connectivity index (χ4n) is 3.55. The van der Waals surface area contributed by atoms with E-state index in [0.29, 0.717) is 19.6 Å². The average molecular weight is 336 g/mol. The summed E-state index contributed by atoms with van der Waals surface area (Å²) in [6.07, 6.45) is 1.50. The molecule has 0 fully saturated rings. The van der Waals surface area contributed by atoms with Crippen LogP contribution in [0.15, 0.2) is 42.5 Å². The maximum Gasteiger partial charge on any atom is 0.231 e. The molecule has 1 N–H and O–H groups in total. The number of anilines is 2. The van der Waals surface area contributed by atoms with Crippen molar-refractivity contribution in [3.05, 3.63) is 53.6 Å². The van der Waals surface area contributed by atoms with Gasteiger partial charge in [-0.05, 0) is 48.2 Å². The van der Waals surface area contributed by atoms with Crippen molar-refractivity contribution < 1.29 is 14.3 Å². The molecule has 2 aromatic rings. The zero-order chi connectivity index (χ0) is 17.4. The molecule has 2 aliphatic heterocycles. The number of para-hydroxylation sites is 1. The summed E-state index contributed by atoms with van der Waals surface area (Å²) in [7, 11) is 0. The lowest BCUT2D eigenvalue weighted by Gasteiger charge is -2.24. The van der Waals surface area contributed by atoms with Crippen molar-refractivity contribution in [1.29, 1.82) is 0 Å². The second-order valence-corrected chi connectivity index (χ2v) is 6.57. The molecule has 5 nitrogen and oxygen atoms in total. The van der Waals surface area contributed by atoms with E-state index in [2.05, 4.69) is 5.32 Å². The first-order chi connectivity index (χ1) is 12.1. The molecule has 5 heteroatoms. The third-order valence-electron chi connectivity index (χ3n) is 4.87. The molecular weight excluding hydrogens is 316 g/mol. The molecule has 0 saturated heterocycles. The molecule has 0 aliphatic carbocycles. The van der Waals surface area contributed by atoms with Gasteiger partial charge in [0.25, 0.3) is 0 Å². The van der Waals surface area contributed by atoms with Gasteiger partial charge < -0.3 is 15.0 Å². The summed E-state index contributed by atoms with van der Waals surface area (Å²) in [5, 5.41) is 2.99. The Balaban J connectivity index is 1.46. The second-order valence-electron chi connectivity index (χ2n) is 6.57. The van der Waals surface area contributed by atoms with Crippen molar-refractivity contribution in [1.82, 2.24) is 0 Å². The van der Waals surface area contributed by atoms with E-state index in [9.17, 15) is 9.59 Å². The summed E-state index contributed by atoms with van der Waals surface area (Å²) >= 11 is 0. The molecular formula is C20H20N2O3. The van der Waals surface area contributed by atoms with Gasteiger partial charge in [-0.2, -0.15) is 0 Å². The summed E-state index contributed by atoms with van der Waals surface area (Å²) in [5.74, 6) is 0.690. The number of ether oxygens (including phenoxy) is 1. The van der Waals surface area contributed by atoms with Crippen LogP contribution in [0.5, 0.6) is 5.75 Å². The number of benzene rings is 2. The summed E-state index contributed by atoms with van der Waals surface area (Å²) in [5.41, 5.74) is 3.88. The third-order valence-corrected chi connectivity index (χ3v) is 4.87. The molecule has 4 rings (SSSR count). The Kier molecular flexibility index (Phi) is 3.92. The summed E-state index contributed by atoms with van der Waals surface area (Å²) < 4.78 is 5.70. The lowest BCUT2D eigenvalue weighted by atomic mass is 9.96. The largest absolute Gasteiger partial charge is 0.492 e. The number of fused-ring (bicyclic) bond motifs is 2. The summed E-state index contributed by atoms with van der Waals surface area (Å²) in [6, 6.07) is 13.6. The van der Waals surface area contributed by atoms with Crippen LogP contribution < -0.4 is 15.0 Å². The average Bonchev–Trinajstić information content (AvgIpc) is 3.04. The molecule has 0 saturated carbocycles. The minimum atomic E-state index is -0.197. The minimum Gasteiger partial charge on any atom is -0.492 e. The quantitative estimate of drug-likeness (QED) is 0.917. The Morgan fingerprint density at radius 2 is 2.00 bits per heavy atom. The van der Waals surface area contributed by atoms with Crippen LogP contribution in [0.25, 0.3) is 0 Å². The highest BCUT2D eigenvalue weighted by Crippen LogP contribution is 2.31. The predicted octanol–water partition coefficient (Wildman–Crippen LogP) is 2.79. The third kappa shape index (κ3) is 2.97. The van der Waals surface area contributed by atoms with Crippen LogP contribution in [-0.2, 0) is 22.4 Å². The van der Waals surface area contributed by atoms with Gasteiger partial charge in [0.1, 0.15) is 12.4 Å². The fourth-order valence-corrected chi connectivity index (χ4v) is 3.55. The highest BCUT2D eigenvalue weighted by molar-refractivity contribution is 5.96. The lowest BCUT2D eigenvalue weighted by molar-refractivity contribution is -0.121. The molecule has 1 atom stereocenters. The summed E-state index contributed by atoms with van der Waals surface area (Å²) in [6.45, 7) is 2.67. The molecule has 2 aliphatic rings. The van der Waals surface area contributed by atoms with Gasteiger partial charge in [-0.1, -0.05) is 18.2 Å². The van der Waals surface area contributed by atoms with E-state index in [1.165, 1.54) is 0 Å². The van der Waals surface area contributed by atoms with Gasteiger partial charge in [0.2, 0.25) is 11.8 Å². The standard InChI is InChI=1S/C20H20N2O3/c1-13(23)22-9-8-14-11-17(6-7-18(14)22)21-20(24)16-10-15-4-2-3-5-19(15)25-12-16/h2-7,11,16H,8-10,12H2,1H3,(H,21,24)/t16-/m1/s1. The monoisotopic (exact) mass is 336 g/mol. The van der Waals surface area contributed by atoms with E-state index >= 15 is 0 Å². The zero-order valence-corrected chi connectivity index (χ0v) is 14.1. The van der Waals surface area contributed by atoms with Gasteiger partial charge >= 0.3 is 0 Å². The van der Waals surface area contributed by atoms with Crippen molar-refractivity contribution in [3.63, 3.8) is 0 Å². The highest BCUT2D eigenvalue weighted by atomic mass is 16.5. The molecule has 128 valence electrons.